The number of hydrogen-bond donors (Lipinski definition) is 1. The molecule has 1 aliphatic heterocycles. The topological polar surface area (TPSA) is 21.3 Å². The van der Waals surface area contributed by atoms with Crippen molar-refractivity contribution in [1.82, 2.24) is 5.32 Å². The van der Waals surface area contributed by atoms with Gasteiger partial charge in [-0.25, -0.2) is 0 Å². The summed E-state index contributed by atoms with van der Waals surface area (Å²) in [5.41, 5.74) is 1.32. The minimum atomic E-state index is 0.455. The first-order valence-electron chi connectivity index (χ1n) is 7.40. The summed E-state index contributed by atoms with van der Waals surface area (Å²) >= 11 is 3.57. The van der Waals surface area contributed by atoms with Gasteiger partial charge < -0.3 is 10.1 Å². The molecule has 3 unspecified atom stereocenters. The van der Waals surface area contributed by atoms with Crippen molar-refractivity contribution in [1.29, 1.82) is 0 Å². The Balaban J connectivity index is 1.74. The lowest BCUT2D eigenvalue weighted by Gasteiger charge is -2.34. The van der Waals surface area contributed by atoms with E-state index in [1.165, 1.54) is 31.2 Å². The van der Waals surface area contributed by atoms with E-state index in [1.807, 2.05) is 0 Å². The number of ether oxygens (including phenoxy) is 1. The van der Waals surface area contributed by atoms with Crippen LogP contribution in [0.3, 0.4) is 0 Å². The Bertz CT molecular complexity index is 448. The van der Waals surface area contributed by atoms with Crippen molar-refractivity contribution in [2.45, 2.75) is 51.1 Å². The van der Waals surface area contributed by atoms with E-state index >= 15 is 0 Å². The number of rotatable bonds is 2. The first-order chi connectivity index (χ1) is 9.22. The molecule has 1 aromatic rings. The van der Waals surface area contributed by atoms with E-state index in [4.69, 9.17) is 4.74 Å². The largest absolute Gasteiger partial charge is 0.493 e. The summed E-state index contributed by atoms with van der Waals surface area (Å²) in [5, 5.41) is 3.87. The van der Waals surface area contributed by atoms with Gasteiger partial charge in [0.1, 0.15) is 5.75 Å². The fraction of sp³-hybridized carbons (Fsp3) is 0.625. The van der Waals surface area contributed by atoms with E-state index in [1.54, 1.807) is 0 Å². The molecule has 0 amide bonds. The fourth-order valence-electron chi connectivity index (χ4n) is 3.41. The Morgan fingerprint density at radius 1 is 1.26 bits per heavy atom. The molecule has 1 heterocycles. The van der Waals surface area contributed by atoms with E-state index in [0.29, 0.717) is 12.1 Å². The molecular formula is C16H22BrNO. The highest BCUT2D eigenvalue weighted by Crippen LogP contribution is 2.35. The van der Waals surface area contributed by atoms with Crippen LogP contribution in [0.15, 0.2) is 22.7 Å². The average Bonchev–Trinajstić information content (AvgIpc) is 2.39. The van der Waals surface area contributed by atoms with Crippen LogP contribution in [0, 0.1) is 5.92 Å². The third-order valence-corrected chi connectivity index (χ3v) is 4.88. The summed E-state index contributed by atoms with van der Waals surface area (Å²) < 4.78 is 6.90. The monoisotopic (exact) mass is 323 g/mol. The number of nitrogens with one attached hydrogen (secondary N) is 1. The SMILES string of the molecule is CC1CCCC(NC2CCOc3ccc(Br)cc32)C1. The zero-order valence-corrected chi connectivity index (χ0v) is 13.1. The molecule has 1 fully saturated rings. The van der Waals surface area contributed by atoms with Gasteiger partial charge in [0.15, 0.2) is 0 Å². The molecule has 1 N–H and O–H groups in total. The normalized spacial score (nSPS) is 30.5. The highest BCUT2D eigenvalue weighted by molar-refractivity contribution is 9.10. The van der Waals surface area contributed by atoms with Gasteiger partial charge >= 0.3 is 0 Å². The number of fused-ring (bicyclic) bond motifs is 1. The molecule has 1 aromatic carbocycles. The molecule has 2 aliphatic rings. The van der Waals surface area contributed by atoms with Crippen LogP contribution in [0.1, 0.15) is 50.6 Å². The second kappa shape index (κ2) is 5.84. The second-order valence-corrected chi connectivity index (χ2v) is 6.92. The van der Waals surface area contributed by atoms with Crippen LogP contribution in [-0.4, -0.2) is 12.6 Å². The molecule has 0 bridgehead atoms. The van der Waals surface area contributed by atoms with Gasteiger partial charge in [0.05, 0.1) is 6.61 Å². The number of halogens is 1. The van der Waals surface area contributed by atoms with Crippen LogP contribution in [0.25, 0.3) is 0 Å². The molecule has 1 saturated carbocycles. The summed E-state index contributed by atoms with van der Waals surface area (Å²) in [4.78, 5) is 0. The summed E-state index contributed by atoms with van der Waals surface area (Å²) in [6, 6.07) is 7.48. The Hall–Kier alpha value is -0.540. The zero-order chi connectivity index (χ0) is 13.2. The van der Waals surface area contributed by atoms with Crippen LogP contribution in [-0.2, 0) is 0 Å². The minimum Gasteiger partial charge on any atom is -0.493 e. The lowest BCUT2D eigenvalue weighted by atomic mass is 9.86. The van der Waals surface area contributed by atoms with E-state index < -0.39 is 0 Å². The Morgan fingerprint density at radius 3 is 3.00 bits per heavy atom. The quantitative estimate of drug-likeness (QED) is 0.868. The second-order valence-electron chi connectivity index (χ2n) is 6.01. The molecule has 19 heavy (non-hydrogen) atoms. The van der Waals surface area contributed by atoms with Crippen molar-refractivity contribution in [3.05, 3.63) is 28.2 Å². The fourth-order valence-corrected chi connectivity index (χ4v) is 3.79. The lowest BCUT2D eigenvalue weighted by molar-refractivity contribution is 0.220. The summed E-state index contributed by atoms with van der Waals surface area (Å²) in [6.45, 7) is 3.21. The van der Waals surface area contributed by atoms with Gasteiger partial charge in [-0.3, -0.25) is 0 Å². The predicted octanol–water partition coefficient (Wildman–Crippen LogP) is 4.44. The molecule has 0 spiro atoms. The van der Waals surface area contributed by atoms with Crippen LogP contribution >= 0.6 is 15.9 Å². The van der Waals surface area contributed by atoms with E-state index in [9.17, 15) is 0 Å². The van der Waals surface area contributed by atoms with Crippen LogP contribution < -0.4 is 10.1 Å². The molecule has 0 saturated heterocycles. The van der Waals surface area contributed by atoms with Gasteiger partial charge in [-0.05, 0) is 37.0 Å². The van der Waals surface area contributed by atoms with Gasteiger partial charge in [-0.15, -0.1) is 0 Å². The Labute approximate surface area is 124 Å². The molecule has 3 heteroatoms. The summed E-state index contributed by atoms with van der Waals surface area (Å²) in [7, 11) is 0. The average molecular weight is 324 g/mol. The molecular weight excluding hydrogens is 302 g/mol. The third-order valence-electron chi connectivity index (χ3n) is 4.38. The van der Waals surface area contributed by atoms with Crippen LogP contribution in [0.4, 0.5) is 0 Å². The third kappa shape index (κ3) is 3.14. The van der Waals surface area contributed by atoms with Crippen molar-refractivity contribution in [2.24, 2.45) is 5.92 Å². The molecule has 3 atom stereocenters. The maximum atomic E-state index is 5.76. The number of hydrogen-bond acceptors (Lipinski definition) is 2. The molecule has 1 aliphatic carbocycles. The van der Waals surface area contributed by atoms with Gasteiger partial charge in [0, 0.05) is 28.5 Å². The summed E-state index contributed by atoms with van der Waals surface area (Å²) in [6.07, 6.45) is 6.49. The van der Waals surface area contributed by atoms with Crippen molar-refractivity contribution >= 4 is 15.9 Å². The van der Waals surface area contributed by atoms with Crippen LogP contribution in [0.5, 0.6) is 5.75 Å². The lowest BCUT2D eigenvalue weighted by Crippen LogP contribution is -2.38. The minimum absolute atomic E-state index is 0.455. The molecule has 0 radical (unpaired) electrons. The van der Waals surface area contributed by atoms with Gasteiger partial charge in [0.25, 0.3) is 0 Å². The van der Waals surface area contributed by atoms with Crippen molar-refractivity contribution in [2.75, 3.05) is 6.61 Å². The predicted molar refractivity (Wildman–Crippen MR) is 81.6 cm³/mol. The molecule has 104 valence electrons. The van der Waals surface area contributed by atoms with Gasteiger partial charge in [-0.2, -0.15) is 0 Å². The first kappa shape index (κ1) is 13.4. The van der Waals surface area contributed by atoms with Crippen molar-refractivity contribution < 1.29 is 4.74 Å². The molecule has 0 aromatic heterocycles. The molecule has 3 rings (SSSR count). The van der Waals surface area contributed by atoms with Crippen molar-refractivity contribution in [3.63, 3.8) is 0 Å². The number of benzene rings is 1. The van der Waals surface area contributed by atoms with E-state index in [0.717, 1.165) is 29.2 Å². The maximum Gasteiger partial charge on any atom is 0.124 e. The van der Waals surface area contributed by atoms with E-state index in [2.05, 4.69) is 46.4 Å². The highest BCUT2D eigenvalue weighted by atomic mass is 79.9. The maximum absolute atomic E-state index is 5.76. The highest BCUT2D eigenvalue weighted by Gasteiger charge is 2.26. The van der Waals surface area contributed by atoms with Gasteiger partial charge in [-0.1, -0.05) is 35.7 Å². The van der Waals surface area contributed by atoms with Crippen LogP contribution in [0.2, 0.25) is 0 Å². The Kier molecular flexibility index (Phi) is 4.13. The smallest absolute Gasteiger partial charge is 0.124 e. The summed E-state index contributed by atoms with van der Waals surface area (Å²) in [5.74, 6) is 1.92. The van der Waals surface area contributed by atoms with Gasteiger partial charge in [0.2, 0.25) is 0 Å². The zero-order valence-electron chi connectivity index (χ0n) is 11.5. The van der Waals surface area contributed by atoms with E-state index in [-0.39, 0.29) is 0 Å². The molecule has 2 nitrogen and oxygen atoms in total. The van der Waals surface area contributed by atoms with Crippen molar-refractivity contribution in [3.8, 4) is 5.75 Å². The Morgan fingerprint density at radius 2 is 2.16 bits per heavy atom. The standard InChI is InChI=1S/C16H22BrNO/c1-11-3-2-4-13(9-11)18-15-7-8-19-16-6-5-12(17)10-14(15)16/h5-6,10-11,13,15,18H,2-4,7-9H2,1H3. The first-order valence-corrected chi connectivity index (χ1v) is 8.20.